The first-order valence-electron chi connectivity index (χ1n) is 4.57. The maximum absolute atomic E-state index is 11.3. The molecule has 0 aromatic heterocycles. The van der Waals surface area contributed by atoms with Crippen LogP contribution in [0.25, 0.3) is 0 Å². The third-order valence-corrected chi connectivity index (χ3v) is 2.19. The number of morpholine rings is 1. The van der Waals surface area contributed by atoms with Gasteiger partial charge in [-0.15, -0.1) is 0 Å². The van der Waals surface area contributed by atoms with Gasteiger partial charge in [0.25, 0.3) is 11.8 Å². The van der Waals surface area contributed by atoms with Gasteiger partial charge >= 0.3 is 0 Å². The lowest BCUT2D eigenvalue weighted by Crippen LogP contribution is -2.51. The third-order valence-electron chi connectivity index (χ3n) is 2.19. The lowest BCUT2D eigenvalue weighted by atomic mass is 9.93. The molecule has 5 nitrogen and oxygen atoms in total. The number of amides is 2. The van der Waals surface area contributed by atoms with E-state index in [1.54, 1.807) is 0 Å². The second-order valence-corrected chi connectivity index (χ2v) is 4.23. The molecule has 1 rings (SSSR count). The molecule has 2 N–H and O–H groups in total. The quantitative estimate of drug-likeness (QED) is 0.615. The first kappa shape index (κ1) is 11.1. The van der Waals surface area contributed by atoms with Crippen molar-refractivity contribution in [1.82, 2.24) is 4.90 Å². The van der Waals surface area contributed by atoms with Crippen molar-refractivity contribution >= 4 is 11.8 Å². The van der Waals surface area contributed by atoms with Crippen LogP contribution >= 0.6 is 0 Å². The number of hydrogen-bond acceptors (Lipinski definition) is 4. The third kappa shape index (κ3) is 2.52. The maximum Gasteiger partial charge on any atom is 0.255 e. The van der Waals surface area contributed by atoms with Crippen molar-refractivity contribution < 1.29 is 14.3 Å². The van der Waals surface area contributed by atoms with Gasteiger partial charge in [-0.25, -0.2) is 0 Å². The van der Waals surface area contributed by atoms with Crippen LogP contribution in [-0.2, 0) is 14.3 Å². The van der Waals surface area contributed by atoms with Crippen LogP contribution in [-0.4, -0.2) is 43.0 Å². The van der Waals surface area contributed by atoms with Gasteiger partial charge in [-0.2, -0.15) is 0 Å². The van der Waals surface area contributed by atoms with Crippen molar-refractivity contribution in [1.29, 1.82) is 0 Å². The van der Waals surface area contributed by atoms with Crippen molar-refractivity contribution in [2.24, 2.45) is 11.1 Å². The Balaban J connectivity index is 2.65. The molecule has 0 radical (unpaired) electrons. The largest absolute Gasteiger partial charge is 0.362 e. The Hall–Kier alpha value is -0.940. The average molecular weight is 200 g/mol. The van der Waals surface area contributed by atoms with E-state index < -0.39 is 0 Å². The smallest absolute Gasteiger partial charge is 0.255 e. The molecule has 0 unspecified atom stereocenters. The van der Waals surface area contributed by atoms with Crippen LogP contribution in [0, 0.1) is 5.41 Å². The molecular weight excluding hydrogens is 184 g/mol. The minimum Gasteiger partial charge on any atom is -0.362 e. The second-order valence-electron chi connectivity index (χ2n) is 4.23. The first-order valence-corrected chi connectivity index (χ1v) is 4.57. The molecule has 1 saturated heterocycles. The fourth-order valence-electron chi connectivity index (χ4n) is 1.19. The van der Waals surface area contributed by atoms with E-state index in [4.69, 9.17) is 10.5 Å². The van der Waals surface area contributed by atoms with Crippen LogP contribution in [0.3, 0.4) is 0 Å². The average Bonchev–Trinajstić information content (AvgIpc) is 2.12. The van der Waals surface area contributed by atoms with E-state index in [0.717, 1.165) is 0 Å². The van der Waals surface area contributed by atoms with Gasteiger partial charge in [-0.05, 0) is 12.0 Å². The Morgan fingerprint density at radius 1 is 1.36 bits per heavy atom. The number of nitrogens with zero attached hydrogens (tertiary/aromatic N) is 1. The van der Waals surface area contributed by atoms with Crippen LogP contribution in [0.2, 0.25) is 0 Å². The summed E-state index contributed by atoms with van der Waals surface area (Å²) >= 11 is 0. The number of imide groups is 1. The van der Waals surface area contributed by atoms with Crippen LogP contribution in [0.5, 0.6) is 0 Å². The zero-order valence-electron chi connectivity index (χ0n) is 8.58. The Kier molecular flexibility index (Phi) is 3.23. The van der Waals surface area contributed by atoms with Crippen LogP contribution in [0.4, 0.5) is 0 Å². The summed E-state index contributed by atoms with van der Waals surface area (Å²) in [5, 5.41) is 0. The van der Waals surface area contributed by atoms with Crippen molar-refractivity contribution in [3.05, 3.63) is 0 Å². The first-order chi connectivity index (χ1) is 6.46. The number of carbonyl (C=O) groups excluding carboxylic acids is 2. The lowest BCUT2D eigenvalue weighted by Gasteiger charge is -2.32. The summed E-state index contributed by atoms with van der Waals surface area (Å²) in [6.45, 7) is 4.63. The van der Waals surface area contributed by atoms with E-state index >= 15 is 0 Å². The highest BCUT2D eigenvalue weighted by molar-refractivity contribution is 5.98. The Bertz CT molecular complexity index is 234. The van der Waals surface area contributed by atoms with E-state index in [1.807, 2.05) is 13.8 Å². The molecule has 0 saturated carbocycles. The van der Waals surface area contributed by atoms with E-state index in [1.165, 1.54) is 4.90 Å². The van der Waals surface area contributed by atoms with E-state index in [-0.39, 0.29) is 30.4 Å². The fraction of sp³-hybridized carbons (Fsp3) is 0.778. The summed E-state index contributed by atoms with van der Waals surface area (Å²) in [6, 6.07) is 0. The number of hydrogen-bond donors (Lipinski definition) is 1. The Morgan fingerprint density at radius 3 is 2.29 bits per heavy atom. The Labute approximate surface area is 83.2 Å². The molecule has 2 amide bonds. The number of nitrogens with two attached hydrogens (primary N) is 1. The predicted octanol–water partition coefficient (Wildman–Crippen LogP) is -0.643. The maximum atomic E-state index is 11.3. The molecule has 80 valence electrons. The fourth-order valence-corrected chi connectivity index (χ4v) is 1.19. The van der Waals surface area contributed by atoms with E-state index in [9.17, 15) is 9.59 Å². The highest BCUT2D eigenvalue weighted by atomic mass is 16.5. The van der Waals surface area contributed by atoms with E-state index in [0.29, 0.717) is 13.1 Å². The van der Waals surface area contributed by atoms with Gasteiger partial charge in [0.1, 0.15) is 13.2 Å². The minimum atomic E-state index is -0.275. The topological polar surface area (TPSA) is 72.6 Å². The van der Waals surface area contributed by atoms with E-state index in [2.05, 4.69) is 0 Å². The highest BCUT2D eigenvalue weighted by Crippen LogP contribution is 2.16. The molecule has 5 heteroatoms. The van der Waals surface area contributed by atoms with Gasteiger partial charge in [0.15, 0.2) is 0 Å². The van der Waals surface area contributed by atoms with Crippen LogP contribution in [0.15, 0.2) is 0 Å². The molecular formula is C9H16N2O3. The molecule has 0 bridgehead atoms. The van der Waals surface area contributed by atoms with Crippen LogP contribution < -0.4 is 5.73 Å². The molecule has 1 heterocycles. The summed E-state index contributed by atoms with van der Waals surface area (Å²) in [5.41, 5.74) is 5.30. The number of ether oxygens (including phenoxy) is 1. The molecule has 1 aliphatic rings. The zero-order chi connectivity index (χ0) is 10.8. The molecule has 0 atom stereocenters. The molecule has 0 spiro atoms. The van der Waals surface area contributed by atoms with Crippen LogP contribution in [0.1, 0.15) is 13.8 Å². The molecule has 1 fully saturated rings. The van der Waals surface area contributed by atoms with Gasteiger partial charge in [0, 0.05) is 6.54 Å². The molecule has 0 aromatic carbocycles. The molecule has 14 heavy (non-hydrogen) atoms. The predicted molar refractivity (Wildman–Crippen MR) is 50.4 cm³/mol. The summed E-state index contributed by atoms with van der Waals surface area (Å²) in [7, 11) is 0. The summed E-state index contributed by atoms with van der Waals surface area (Å²) in [4.78, 5) is 23.9. The van der Waals surface area contributed by atoms with Crippen molar-refractivity contribution in [2.75, 3.05) is 26.3 Å². The SMILES string of the molecule is CC(C)(CN)CN1C(=O)COCC1=O. The normalized spacial score (nSPS) is 18.9. The summed E-state index contributed by atoms with van der Waals surface area (Å²) in [6.07, 6.45) is 0. The molecule has 0 aromatic rings. The van der Waals surface area contributed by atoms with Gasteiger partial charge < -0.3 is 10.5 Å². The number of rotatable bonds is 3. The van der Waals surface area contributed by atoms with Gasteiger partial charge in [0.2, 0.25) is 0 Å². The van der Waals surface area contributed by atoms with Crippen molar-refractivity contribution in [3.8, 4) is 0 Å². The molecule has 0 aliphatic carbocycles. The highest BCUT2D eigenvalue weighted by Gasteiger charge is 2.31. The Morgan fingerprint density at radius 2 is 1.86 bits per heavy atom. The lowest BCUT2D eigenvalue weighted by molar-refractivity contribution is -0.160. The minimum absolute atomic E-state index is 0.00755. The standard InChI is InChI=1S/C9H16N2O3/c1-9(2,5-10)6-11-7(12)3-14-4-8(11)13/h3-6,10H2,1-2H3. The second kappa shape index (κ2) is 4.06. The van der Waals surface area contributed by atoms with Gasteiger partial charge in [-0.1, -0.05) is 13.8 Å². The summed E-state index contributed by atoms with van der Waals surface area (Å²) < 4.78 is 4.80. The van der Waals surface area contributed by atoms with Crippen molar-refractivity contribution in [2.45, 2.75) is 13.8 Å². The van der Waals surface area contributed by atoms with Crippen molar-refractivity contribution in [3.63, 3.8) is 0 Å². The zero-order valence-corrected chi connectivity index (χ0v) is 8.58. The number of carbonyl (C=O) groups is 2. The van der Waals surface area contributed by atoms with Gasteiger partial charge in [-0.3, -0.25) is 14.5 Å². The monoisotopic (exact) mass is 200 g/mol. The summed E-state index contributed by atoms with van der Waals surface area (Å²) in [5.74, 6) is -0.550. The molecule has 1 aliphatic heterocycles. The van der Waals surface area contributed by atoms with Gasteiger partial charge in [0.05, 0.1) is 0 Å².